The highest BCUT2D eigenvalue weighted by Gasteiger charge is 2.19. The van der Waals surface area contributed by atoms with Crippen molar-refractivity contribution in [2.75, 3.05) is 18.0 Å². The van der Waals surface area contributed by atoms with Crippen molar-refractivity contribution in [2.24, 2.45) is 0 Å². The molecule has 0 saturated carbocycles. The van der Waals surface area contributed by atoms with Crippen LogP contribution in [0.1, 0.15) is 6.42 Å². The van der Waals surface area contributed by atoms with E-state index in [-0.39, 0.29) is 0 Å². The summed E-state index contributed by atoms with van der Waals surface area (Å²) < 4.78 is 1.22. The minimum Gasteiger partial charge on any atom is -0.364 e. The van der Waals surface area contributed by atoms with Gasteiger partial charge in [-0.3, -0.25) is 4.79 Å². The van der Waals surface area contributed by atoms with Crippen LogP contribution in [0.2, 0.25) is 0 Å². The highest BCUT2D eigenvalue weighted by Crippen LogP contribution is 2.20. The van der Waals surface area contributed by atoms with Crippen molar-refractivity contribution in [1.29, 1.82) is 0 Å². The fourth-order valence-electron chi connectivity index (χ4n) is 1.52. The smallest absolute Gasteiger partial charge is 0.153 e. The lowest BCUT2D eigenvalue weighted by atomic mass is 10.3. The highest BCUT2D eigenvalue weighted by molar-refractivity contribution is 14.1. The van der Waals surface area contributed by atoms with Crippen molar-refractivity contribution < 1.29 is 4.79 Å². The number of ketones is 1. The first-order valence-corrected chi connectivity index (χ1v) is 5.36. The van der Waals surface area contributed by atoms with Crippen LogP contribution in [-0.2, 0) is 4.79 Å². The molecule has 0 unspecified atom stereocenters. The van der Waals surface area contributed by atoms with Gasteiger partial charge in [-0.15, -0.1) is 0 Å². The van der Waals surface area contributed by atoms with Crippen molar-refractivity contribution >= 4 is 34.1 Å². The van der Waals surface area contributed by atoms with Gasteiger partial charge in [0.25, 0.3) is 0 Å². The topological polar surface area (TPSA) is 20.3 Å². The molecular formula is C10H10INO. The molecule has 1 heterocycles. The van der Waals surface area contributed by atoms with Crippen LogP contribution in [0.5, 0.6) is 0 Å². The molecule has 2 nitrogen and oxygen atoms in total. The second-order valence-corrected chi connectivity index (χ2v) is 4.44. The average Bonchev–Trinajstić information content (AvgIpc) is 2.52. The third kappa shape index (κ3) is 2.02. The molecule has 1 saturated heterocycles. The minimum absolute atomic E-state index is 0.346. The number of rotatable bonds is 1. The number of Topliss-reactive ketones (excluding diaryl/α,β-unsaturated/α-hetero) is 1. The summed E-state index contributed by atoms with van der Waals surface area (Å²) in [5.41, 5.74) is 1.16. The van der Waals surface area contributed by atoms with Gasteiger partial charge in [-0.05, 0) is 40.8 Å². The Morgan fingerprint density at radius 2 is 2.23 bits per heavy atom. The van der Waals surface area contributed by atoms with E-state index < -0.39 is 0 Å². The number of benzene rings is 1. The molecule has 13 heavy (non-hydrogen) atoms. The number of nitrogens with zero attached hydrogens (tertiary/aromatic N) is 1. The van der Waals surface area contributed by atoms with Crippen LogP contribution < -0.4 is 4.90 Å². The van der Waals surface area contributed by atoms with Crippen LogP contribution in [0.15, 0.2) is 24.3 Å². The van der Waals surface area contributed by atoms with E-state index in [2.05, 4.69) is 45.7 Å². The molecule has 0 atom stereocenters. The SMILES string of the molecule is O=C1CCN(c2cccc(I)c2)C1. The molecule has 1 aromatic carbocycles. The zero-order chi connectivity index (χ0) is 9.26. The number of hydrogen-bond acceptors (Lipinski definition) is 2. The van der Waals surface area contributed by atoms with E-state index in [0.717, 1.165) is 12.2 Å². The molecule has 2 rings (SSSR count). The molecule has 0 bridgehead atoms. The average molecular weight is 287 g/mol. The van der Waals surface area contributed by atoms with E-state index in [1.165, 1.54) is 3.57 Å². The number of halogens is 1. The predicted octanol–water partition coefficient (Wildman–Crippen LogP) is 2.07. The van der Waals surface area contributed by atoms with Crippen LogP contribution in [0.25, 0.3) is 0 Å². The van der Waals surface area contributed by atoms with Gasteiger partial charge in [0.15, 0.2) is 5.78 Å². The Balaban J connectivity index is 2.21. The van der Waals surface area contributed by atoms with E-state index in [9.17, 15) is 4.79 Å². The minimum atomic E-state index is 0.346. The summed E-state index contributed by atoms with van der Waals surface area (Å²) in [7, 11) is 0. The summed E-state index contributed by atoms with van der Waals surface area (Å²) in [6, 6.07) is 8.25. The molecule has 0 radical (unpaired) electrons. The Labute approximate surface area is 91.1 Å². The number of carbonyl (C=O) groups excluding carboxylic acids is 1. The predicted molar refractivity (Wildman–Crippen MR) is 61.0 cm³/mol. The molecule has 0 amide bonds. The third-order valence-electron chi connectivity index (χ3n) is 2.20. The second-order valence-electron chi connectivity index (χ2n) is 3.19. The lowest BCUT2D eigenvalue weighted by Crippen LogP contribution is -2.19. The van der Waals surface area contributed by atoms with Crippen LogP contribution in [0.4, 0.5) is 5.69 Å². The van der Waals surface area contributed by atoms with Gasteiger partial charge in [0.05, 0.1) is 6.54 Å². The number of hydrogen-bond donors (Lipinski definition) is 0. The van der Waals surface area contributed by atoms with E-state index in [1.54, 1.807) is 0 Å². The van der Waals surface area contributed by atoms with Gasteiger partial charge >= 0.3 is 0 Å². The van der Waals surface area contributed by atoms with Crippen LogP contribution >= 0.6 is 22.6 Å². The van der Waals surface area contributed by atoms with E-state index in [0.29, 0.717) is 18.7 Å². The first kappa shape index (κ1) is 8.99. The van der Waals surface area contributed by atoms with Gasteiger partial charge < -0.3 is 4.90 Å². The summed E-state index contributed by atoms with van der Waals surface area (Å²) in [4.78, 5) is 13.2. The highest BCUT2D eigenvalue weighted by atomic mass is 127. The Morgan fingerprint density at radius 3 is 2.85 bits per heavy atom. The maximum atomic E-state index is 11.1. The Hall–Kier alpha value is -0.580. The zero-order valence-corrected chi connectivity index (χ0v) is 9.32. The molecular weight excluding hydrogens is 277 g/mol. The summed E-state index contributed by atoms with van der Waals surface area (Å²) >= 11 is 2.29. The maximum Gasteiger partial charge on any atom is 0.153 e. The third-order valence-corrected chi connectivity index (χ3v) is 2.87. The zero-order valence-electron chi connectivity index (χ0n) is 7.16. The molecule has 1 aliphatic heterocycles. The summed E-state index contributed by atoms with van der Waals surface area (Å²) in [5, 5.41) is 0. The largest absolute Gasteiger partial charge is 0.364 e. The fourth-order valence-corrected chi connectivity index (χ4v) is 2.05. The fraction of sp³-hybridized carbons (Fsp3) is 0.300. The van der Waals surface area contributed by atoms with Crippen molar-refractivity contribution in [3.63, 3.8) is 0 Å². The van der Waals surface area contributed by atoms with E-state index in [1.807, 2.05) is 6.07 Å². The first-order chi connectivity index (χ1) is 6.25. The van der Waals surface area contributed by atoms with Crippen LogP contribution in [0.3, 0.4) is 0 Å². The maximum absolute atomic E-state index is 11.1. The summed E-state index contributed by atoms with van der Waals surface area (Å²) in [6.07, 6.45) is 0.700. The van der Waals surface area contributed by atoms with Crippen molar-refractivity contribution in [3.05, 3.63) is 27.8 Å². The number of carbonyl (C=O) groups is 1. The van der Waals surface area contributed by atoms with Gasteiger partial charge in [-0.2, -0.15) is 0 Å². The number of anilines is 1. The van der Waals surface area contributed by atoms with E-state index >= 15 is 0 Å². The van der Waals surface area contributed by atoms with Crippen LogP contribution in [0, 0.1) is 3.57 Å². The Kier molecular flexibility index (Phi) is 2.53. The van der Waals surface area contributed by atoms with Crippen molar-refractivity contribution in [2.45, 2.75) is 6.42 Å². The standard InChI is InChI=1S/C10H10INO/c11-8-2-1-3-9(6-8)12-5-4-10(13)7-12/h1-3,6H,4-5,7H2. The molecule has 1 aliphatic rings. The van der Waals surface area contributed by atoms with Gasteiger partial charge in [-0.25, -0.2) is 0 Å². The monoisotopic (exact) mass is 287 g/mol. The molecule has 68 valence electrons. The van der Waals surface area contributed by atoms with Crippen LogP contribution in [-0.4, -0.2) is 18.9 Å². The van der Waals surface area contributed by atoms with Gasteiger partial charge in [0.2, 0.25) is 0 Å². The molecule has 3 heteroatoms. The second kappa shape index (κ2) is 3.65. The van der Waals surface area contributed by atoms with E-state index in [4.69, 9.17) is 0 Å². The first-order valence-electron chi connectivity index (χ1n) is 4.28. The quantitative estimate of drug-likeness (QED) is 0.737. The molecule has 1 fully saturated rings. The molecule has 0 N–H and O–H groups in total. The Bertz CT molecular complexity index is 337. The van der Waals surface area contributed by atoms with Gasteiger partial charge in [-0.1, -0.05) is 6.07 Å². The Morgan fingerprint density at radius 1 is 1.38 bits per heavy atom. The lowest BCUT2D eigenvalue weighted by molar-refractivity contribution is -0.116. The molecule has 1 aromatic rings. The lowest BCUT2D eigenvalue weighted by Gasteiger charge is -2.16. The van der Waals surface area contributed by atoms with Gasteiger partial charge in [0.1, 0.15) is 0 Å². The molecule has 0 aliphatic carbocycles. The molecule has 0 spiro atoms. The van der Waals surface area contributed by atoms with Crippen molar-refractivity contribution in [1.82, 2.24) is 0 Å². The summed E-state index contributed by atoms with van der Waals surface area (Å²) in [6.45, 7) is 1.46. The van der Waals surface area contributed by atoms with Crippen molar-refractivity contribution in [3.8, 4) is 0 Å². The summed E-state index contributed by atoms with van der Waals surface area (Å²) in [5.74, 6) is 0.346. The molecule has 0 aromatic heterocycles. The normalized spacial score (nSPS) is 16.7. The van der Waals surface area contributed by atoms with Gasteiger partial charge in [0, 0.05) is 22.2 Å².